The van der Waals surface area contributed by atoms with Gasteiger partial charge in [-0.15, -0.1) is 13.2 Å². The summed E-state index contributed by atoms with van der Waals surface area (Å²) in [5.41, 5.74) is -1.99. The van der Waals surface area contributed by atoms with Crippen LogP contribution in [-0.2, 0) is 4.74 Å². The Balaban J connectivity index is 2.41. The van der Waals surface area contributed by atoms with Crippen molar-refractivity contribution in [2.45, 2.75) is 37.9 Å². The summed E-state index contributed by atoms with van der Waals surface area (Å²) in [7, 11) is 0. The second-order valence-electron chi connectivity index (χ2n) is 5.32. The molecule has 0 bridgehead atoms. The van der Waals surface area contributed by atoms with Crippen LogP contribution >= 0.6 is 43.6 Å². The van der Waals surface area contributed by atoms with Gasteiger partial charge in [0.1, 0.15) is 11.4 Å². The highest BCUT2D eigenvalue weighted by Crippen LogP contribution is 2.49. The van der Waals surface area contributed by atoms with Gasteiger partial charge in [0.05, 0.1) is 12.3 Å². The summed E-state index contributed by atoms with van der Waals surface area (Å²) >= 11 is 6.91. The molecule has 0 saturated heterocycles. The van der Waals surface area contributed by atoms with Gasteiger partial charge < -0.3 is 9.47 Å². The highest BCUT2D eigenvalue weighted by Gasteiger charge is 2.46. The SMILES string of the molecule is CCCCOC1SC=C(C(F)(F)F)N1c1c(Br)cc(OC(F)(F)F)cc1Br. The number of nitrogens with zero attached hydrogens (tertiary/aromatic N) is 1. The average molecular weight is 545 g/mol. The maximum absolute atomic E-state index is 13.4. The van der Waals surface area contributed by atoms with Crippen LogP contribution in [-0.4, -0.2) is 24.7 Å². The Kier molecular flexibility index (Phi) is 7.42. The zero-order chi connectivity index (χ0) is 20.4. The topological polar surface area (TPSA) is 21.7 Å². The highest BCUT2D eigenvalue weighted by molar-refractivity contribution is 9.11. The molecule has 0 spiro atoms. The Bertz CT molecular complexity index is 688. The number of unbranched alkanes of at least 4 members (excludes halogenated alkanes) is 1. The molecule has 0 fully saturated rings. The van der Waals surface area contributed by atoms with Crippen molar-refractivity contribution in [3.05, 3.63) is 32.2 Å². The lowest BCUT2D eigenvalue weighted by Crippen LogP contribution is -2.36. The number of benzene rings is 1. The first-order chi connectivity index (χ1) is 12.4. The minimum atomic E-state index is -4.92. The van der Waals surface area contributed by atoms with Gasteiger partial charge in [0.2, 0.25) is 0 Å². The smallest absolute Gasteiger partial charge is 0.406 e. The summed E-state index contributed by atoms with van der Waals surface area (Å²) in [6.07, 6.45) is -8.14. The van der Waals surface area contributed by atoms with Crippen LogP contribution < -0.4 is 9.64 Å². The summed E-state index contributed by atoms with van der Waals surface area (Å²) in [6.45, 7) is 2.16. The van der Waals surface area contributed by atoms with Gasteiger partial charge >= 0.3 is 12.5 Å². The predicted molar refractivity (Wildman–Crippen MR) is 97.4 cm³/mol. The molecule has 0 amide bonds. The fraction of sp³-hybridized carbons (Fsp3) is 0.467. The Morgan fingerprint density at radius 1 is 1.11 bits per heavy atom. The van der Waals surface area contributed by atoms with E-state index in [4.69, 9.17) is 4.74 Å². The van der Waals surface area contributed by atoms with E-state index >= 15 is 0 Å². The molecule has 0 saturated carbocycles. The standard InChI is InChI=1S/C15H13Br2F6NO2S/c1-2-3-4-25-13-24(11(7-27-13)14(18,19)20)12-9(16)5-8(6-10(12)17)26-15(21,22)23/h5-7,13H,2-4H2,1H3. The second kappa shape index (κ2) is 8.83. The monoisotopic (exact) mass is 543 g/mol. The number of anilines is 1. The van der Waals surface area contributed by atoms with E-state index in [1.807, 2.05) is 6.92 Å². The van der Waals surface area contributed by atoms with Crippen LogP contribution in [0.2, 0.25) is 0 Å². The molecule has 2 rings (SSSR count). The van der Waals surface area contributed by atoms with Crippen LogP contribution in [0, 0.1) is 0 Å². The molecule has 1 aromatic carbocycles. The first kappa shape index (κ1) is 22.7. The van der Waals surface area contributed by atoms with Gasteiger partial charge in [0.25, 0.3) is 0 Å². The van der Waals surface area contributed by atoms with Crippen LogP contribution in [0.25, 0.3) is 0 Å². The lowest BCUT2D eigenvalue weighted by atomic mass is 10.2. The zero-order valence-electron chi connectivity index (χ0n) is 13.6. The van der Waals surface area contributed by atoms with Gasteiger partial charge in [0.15, 0.2) is 5.56 Å². The van der Waals surface area contributed by atoms with E-state index in [1.165, 1.54) is 0 Å². The summed E-state index contributed by atoms with van der Waals surface area (Å²) in [6, 6.07) is 1.90. The van der Waals surface area contributed by atoms with E-state index in [-0.39, 0.29) is 21.2 Å². The number of halogens is 8. The van der Waals surface area contributed by atoms with Crippen molar-refractivity contribution >= 4 is 49.3 Å². The number of rotatable bonds is 6. The summed E-state index contributed by atoms with van der Waals surface area (Å²) in [4.78, 5) is 0.895. The van der Waals surface area contributed by atoms with E-state index in [1.54, 1.807) is 0 Å². The van der Waals surface area contributed by atoms with Crippen molar-refractivity contribution in [2.75, 3.05) is 11.5 Å². The molecule has 0 N–H and O–H groups in total. The third-order valence-electron chi connectivity index (χ3n) is 3.28. The first-order valence-electron chi connectivity index (χ1n) is 7.52. The summed E-state index contributed by atoms with van der Waals surface area (Å²) in [5, 5.41) is 0.926. The maximum atomic E-state index is 13.4. The normalized spacial score (nSPS) is 18.0. The van der Waals surface area contributed by atoms with Gasteiger partial charge in [-0.1, -0.05) is 25.1 Å². The molecule has 1 heterocycles. The molecular formula is C15H13Br2F6NO2S. The molecule has 27 heavy (non-hydrogen) atoms. The number of hydrogen-bond donors (Lipinski definition) is 0. The third kappa shape index (κ3) is 5.94. The molecule has 0 aliphatic carbocycles. The number of thioether (sulfide) groups is 1. The van der Waals surface area contributed by atoms with Crippen molar-refractivity contribution < 1.29 is 35.8 Å². The van der Waals surface area contributed by atoms with E-state index in [0.29, 0.717) is 6.42 Å². The Labute approximate surface area is 172 Å². The molecule has 1 aliphatic heterocycles. The Morgan fingerprint density at radius 3 is 2.19 bits per heavy atom. The van der Waals surface area contributed by atoms with E-state index < -0.39 is 29.5 Å². The summed E-state index contributed by atoms with van der Waals surface area (Å²) in [5.74, 6) is -0.571. The van der Waals surface area contributed by atoms with Gasteiger partial charge in [0, 0.05) is 14.4 Å². The Morgan fingerprint density at radius 2 is 1.70 bits per heavy atom. The van der Waals surface area contributed by atoms with Crippen LogP contribution in [0.5, 0.6) is 5.75 Å². The highest BCUT2D eigenvalue weighted by atomic mass is 79.9. The molecule has 1 aromatic rings. The van der Waals surface area contributed by atoms with Crippen LogP contribution in [0.4, 0.5) is 32.0 Å². The van der Waals surface area contributed by atoms with Gasteiger partial charge in [-0.2, -0.15) is 13.2 Å². The van der Waals surface area contributed by atoms with Gasteiger partial charge in [-0.05, 0) is 50.4 Å². The lowest BCUT2D eigenvalue weighted by Gasteiger charge is -2.31. The molecule has 12 heteroatoms. The quantitative estimate of drug-likeness (QED) is 0.279. The van der Waals surface area contributed by atoms with E-state index in [2.05, 4.69) is 36.6 Å². The van der Waals surface area contributed by atoms with E-state index in [0.717, 1.165) is 40.6 Å². The number of alkyl halides is 6. The molecular weight excluding hydrogens is 532 g/mol. The second-order valence-corrected chi connectivity index (χ2v) is 7.94. The average Bonchev–Trinajstić information content (AvgIpc) is 2.89. The maximum Gasteiger partial charge on any atom is 0.573 e. The van der Waals surface area contributed by atoms with E-state index in [9.17, 15) is 26.3 Å². The molecule has 152 valence electrons. The predicted octanol–water partition coefficient (Wildman–Crippen LogP) is 7.17. The van der Waals surface area contributed by atoms with Crippen molar-refractivity contribution in [2.24, 2.45) is 0 Å². The zero-order valence-corrected chi connectivity index (χ0v) is 17.6. The minimum Gasteiger partial charge on any atom is -0.406 e. The molecule has 0 aromatic heterocycles. The first-order valence-corrected chi connectivity index (χ1v) is 10.1. The largest absolute Gasteiger partial charge is 0.573 e. The Hall–Kier alpha value is -0.590. The number of hydrogen-bond acceptors (Lipinski definition) is 4. The number of allylic oxidation sites excluding steroid dienone is 1. The fourth-order valence-corrected chi connectivity index (χ4v) is 4.72. The van der Waals surface area contributed by atoms with Crippen molar-refractivity contribution in [3.8, 4) is 5.75 Å². The van der Waals surface area contributed by atoms with Crippen LogP contribution in [0.15, 0.2) is 32.2 Å². The summed E-state index contributed by atoms with van der Waals surface area (Å²) < 4.78 is 86.9. The van der Waals surface area contributed by atoms with Gasteiger partial charge in [-0.3, -0.25) is 4.90 Å². The molecule has 0 radical (unpaired) electrons. The van der Waals surface area contributed by atoms with Crippen molar-refractivity contribution in [1.82, 2.24) is 0 Å². The van der Waals surface area contributed by atoms with Gasteiger partial charge in [-0.25, -0.2) is 0 Å². The third-order valence-corrected chi connectivity index (χ3v) is 5.43. The number of ether oxygens (including phenoxy) is 2. The van der Waals surface area contributed by atoms with Crippen molar-refractivity contribution in [3.63, 3.8) is 0 Å². The molecule has 1 atom stereocenters. The minimum absolute atomic E-state index is 0.0143. The van der Waals surface area contributed by atoms with Crippen LogP contribution in [0.1, 0.15) is 19.8 Å². The fourth-order valence-electron chi connectivity index (χ4n) is 2.19. The molecule has 1 aliphatic rings. The molecule has 3 nitrogen and oxygen atoms in total. The van der Waals surface area contributed by atoms with Crippen LogP contribution in [0.3, 0.4) is 0 Å². The van der Waals surface area contributed by atoms with Crippen molar-refractivity contribution in [1.29, 1.82) is 0 Å². The molecule has 1 unspecified atom stereocenters. The lowest BCUT2D eigenvalue weighted by molar-refractivity contribution is -0.274.